The Morgan fingerprint density at radius 1 is 1.14 bits per heavy atom. The van der Waals surface area contributed by atoms with Crippen LogP contribution < -0.4 is 16.0 Å². The summed E-state index contributed by atoms with van der Waals surface area (Å²) in [6.45, 7) is 0. The maximum absolute atomic E-state index is 13.9. The number of ketones is 2. The van der Waals surface area contributed by atoms with Crippen molar-refractivity contribution in [1.29, 1.82) is 0 Å². The highest BCUT2D eigenvalue weighted by atomic mass is 16.3. The van der Waals surface area contributed by atoms with Crippen molar-refractivity contribution in [2.24, 2.45) is 17.6 Å². The lowest BCUT2D eigenvalue weighted by Gasteiger charge is -2.50. The van der Waals surface area contributed by atoms with E-state index in [0.717, 1.165) is 0 Å². The van der Waals surface area contributed by atoms with E-state index in [2.05, 4.69) is 5.32 Å². The van der Waals surface area contributed by atoms with Crippen molar-refractivity contribution < 1.29 is 39.6 Å². The summed E-state index contributed by atoms with van der Waals surface area (Å²) in [5, 5.41) is 47.3. The maximum atomic E-state index is 13.9. The second-order valence-electron chi connectivity index (χ2n) is 10.1. The molecule has 0 spiro atoms. The summed E-state index contributed by atoms with van der Waals surface area (Å²) >= 11 is 0. The number of hydrogen-bond donors (Lipinski definition) is 6. The predicted molar refractivity (Wildman–Crippen MR) is 132 cm³/mol. The number of phenolic OH excluding ortho intramolecular Hbond substituents is 1. The number of carbonyl (C=O) groups excluding carboxylic acids is 4. The third-order valence-electron chi connectivity index (χ3n) is 7.65. The smallest absolute Gasteiger partial charge is 0.255 e. The van der Waals surface area contributed by atoms with Crippen LogP contribution in [0.3, 0.4) is 0 Å². The van der Waals surface area contributed by atoms with E-state index in [-0.39, 0.29) is 29.5 Å². The SMILES string of the molecule is CNC(=O)c1cc(N(C)C)c2c(c1O)C(O)=C1C(=O)[C@]3(O)C(O)=C(C(N)=O)C(=O)[C@@H](N(C)C)[C@@H]3C[C@@H]1C2. The van der Waals surface area contributed by atoms with Crippen LogP contribution in [-0.4, -0.2) is 95.6 Å². The van der Waals surface area contributed by atoms with Gasteiger partial charge in [0.15, 0.2) is 11.4 Å². The molecule has 3 aliphatic rings. The number of aromatic hydroxyl groups is 1. The van der Waals surface area contributed by atoms with E-state index in [0.29, 0.717) is 11.3 Å². The number of carbonyl (C=O) groups is 4. The van der Waals surface area contributed by atoms with E-state index < -0.39 is 69.7 Å². The van der Waals surface area contributed by atoms with Gasteiger partial charge < -0.3 is 36.4 Å². The highest BCUT2D eigenvalue weighted by Gasteiger charge is 2.64. The summed E-state index contributed by atoms with van der Waals surface area (Å²) in [4.78, 5) is 54.7. The molecule has 1 fully saturated rings. The maximum Gasteiger partial charge on any atom is 0.255 e. The van der Waals surface area contributed by atoms with E-state index in [9.17, 15) is 39.6 Å². The fourth-order valence-electron chi connectivity index (χ4n) is 6.00. The van der Waals surface area contributed by atoms with Gasteiger partial charge >= 0.3 is 0 Å². The number of likely N-dealkylation sites (N-methyl/N-ethyl adjacent to an activating group) is 1. The van der Waals surface area contributed by atoms with Crippen LogP contribution in [0.5, 0.6) is 5.75 Å². The van der Waals surface area contributed by atoms with Crippen molar-refractivity contribution in [3.8, 4) is 5.75 Å². The summed E-state index contributed by atoms with van der Waals surface area (Å²) in [6.07, 6.45) is 0.111. The van der Waals surface area contributed by atoms with Gasteiger partial charge in [-0.05, 0) is 44.5 Å². The molecule has 0 bridgehead atoms. The number of aliphatic hydroxyl groups excluding tert-OH is 2. The Morgan fingerprint density at radius 2 is 1.76 bits per heavy atom. The van der Waals surface area contributed by atoms with E-state index >= 15 is 0 Å². The Balaban J connectivity index is 2.02. The number of amides is 2. The minimum atomic E-state index is -2.72. The van der Waals surface area contributed by atoms with Gasteiger partial charge in [0.1, 0.15) is 22.8 Å². The number of aliphatic hydroxyl groups is 3. The molecule has 12 nitrogen and oxygen atoms in total. The molecule has 0 saturated heterocycles. The van der Waals surface area contributed by atoms with E-state index in [1.807, 2.05) is 0 Å². The van der Waals surface area contributed by atoms with Crippen LogP contribution in [0, 0.1) is 11.8 Å². The number of nitrogens with two attached hydrogens (primary N) is 1. The number of fused-ring (bicyclic) bond motifs is 3. The number of Topliss-reactive ketones (excluding diaryl/α,β-unsaturated/α-hetero) is 2. The fraction of sp³-hybridized carbons (Fsp3) is 0.440. The number of phenols is 1. The van der Waals surface area contributed by atoms with Gasteiger partial charge in [0.2, 0.25) is 5.78 Å². The van der Waals surface area contributed by atoms with Crippen LogP contribution in [0.1, 0.15) is 27.9 Å². The number of nitrogens with one attached hydrogen (secondary N) is 1. The van der Waals surface area contributed by atoms with Crippen molar-refractivity contribution in [2.75, 3.05) is 40.1 Å². The monoisotopic (exact) mass is 514 g/mol. The van der Waals surface area contributed by atoms with Gasteiger partial charge in [-0.2, -0.15) is 0 Å². The lowest BCUT2D eigenvalue weighted by atomic mass is 9.57. The van der Waals surface area contributed by atoms with Crippen LogP contribution in [-0.2, 0) is 20.8 Å². The minimum Gasteiger partial charge on any atom is -0.508 e. The predicted octanol–water partition coefficient (Wildman–Crippen LogP) is -0.610. The van der Waals surface area contributed by atoms with Gasteiger partial charge in [-0.3, -0.25) is 24.1 Å². The molecule has 1 aromatic rings. The normalized spacial score (nSPS) is 27.1. The van der Waals surface area contributed by atoms with E-state index in [1.165, 1.54) is 32.1 Å². The zero-order chi connectivity index (χ0) is 27.7. The number of hydrogen-bond acceptors (Lipinski definition) is 10. The number of anilines is 1. The van der Waals surface area contributed by atoms with Gasteiger partial charge in [0, 0.05) is 38.3 Å². The largest absolute Gasteiger partial charge is 0.508 e. The van der Waals surface area contributed by atoms with Gasteiger partial charge in [0.25, 0.3) is 11.8 Å². The molecule has 2 amide bonds. The molecule has 7 N–H and O–H groups in total. The molecule has 3 aliphatic carbocycles. The second-order valence-corrected chi connectivity index (χ2v) is 10.1. The Hall–Kier alpha value is -3.90. The van der Waals surface area contributed by atoms with Crippen LogP contribution >= 0.6 is 0 Å². The summed E-state index contributed by atoms with van der Waals surface area (Å²) in [7, 11) is 7.89. The van der Waals surface area contributed by atoms with Gasteiger partial charge in [-0.1, -0.05) is 0 Å². The first kappa shape index (κ1) is 26.2. The second kappa shape index (κ2) is 8.60. The Bertz CT molecular complexity index is 1330. The first-order chi connectivity index (χ1) is 17.2. The fourth-order valence-corrected chi connectivity index (χ4v) is 6.00. The Morgan fingerprint density at radius 3 is 2.27 bits per heavy atom. The molecule has 1 aromatic carbocycles. The van der Waals surface area contributed by atoms with Gasteiger partial charge in [-0.25, -0.2) is 0 Å². The van der Waals surface area contributed by atoms with Crippen molar-refractivity contribution in [3.05, 3.63) is 39.7 Å². The van der Waals surface area contributed by atoms with Crippen molar-refractivity contribution in [2.45, 2.75) is 24.5 Å². The summed E-state index contributed by atoms with van der Waals surface area (Å²) in [5.74, 6) is -8.05. The minimum absolute atomic E-state index is 0.0173. The molecule has 0 aliphatic heterocycles. The molecule has 0 unspecified atom stereocenters. The zero-order valence-corrected chi connectivity index (χ0v) is 21.1. The third kappa shape index (κ3) is 3.43. The quantitative estimate of drug-likeness (QED) is 0.282. The van der Waals surface area contributed by atoms with E-state index in [4.69, 9.17) is 5.73 Å². The van der Waals surface area contributed by atoms with Gasteiger partial charge in [0.05, 0.1) is 17.2 Å². The topological polar surface area (TPSA) is 194 Å². The summed E-state index contributed by atoms with van der Waals surface area (Å²) in [5.41, 5.74) is 2.18. The molecule has 1 saturated carbocycles. The summed E-state index contributed by atoms with van der Waals surface area (Å²) in [6, 6.07) is 0.321. The first-order valence-electron chi connectivity index (χ1n) is 11.6. The number of rotatable bonds is 4. The van der Waals surface area contributed by atoms with Crippen LogP contribution in [0.4, 0.5) is 5.69 Å². The average molecular weight is 515 g/mol. The molecule has 0 radical (unpaired) electrons. The standard InChI is InChI=1S/C25H30N4O8/c1-27-24(36)11-8-13(28(2)3)10-6-9-7-12-17(29(4)5)20(32)16(23(26)35)22(34)25(12,37)21(33)14(9)19(31)15(10)18(11)30/h8-9,12,17,30-31,34,37H,6-7H2,1-5H3,(H2,26,35)(H,27,36)/t9-,12-,17-,25-/m0/s1. The number of nitrogens with zero attached hydrogens (tertiary/aromatic N) is 2. The first-order valence-corrected chi connectivity index (χ1v) is 11.6. The van der Waals surface area contributed by atoms with E-state index in [1.54, 1.807) is 19.0 Å². The molecular weight excluding hydrogens is 484 g/mol. The van der Waals surface area contributed by atoms with Crippen LogP contribution in [0.25, 0.3) is 5.76 Å². The van der Waals surface area contributed by atoms with Crippen molar-refractivity contribution in [1.82, 2.24) is 10.2 Å². The molecule has 37 heavy (non-hydrogen) atoms. The van der Waals surface area contributed by atoms with Crippen LogP contribution in [0.15, 0.2) is 23.0 Å². The lowest BCUT2D eigenvalue weighted by molar-refractivity contribution is -0.153. The number of benzene rings is 1. The molecule has 0 aromatic heterocycles. The highest BCUT2D eigenvalue weighted by Crippen LogP contribution is 2.54. The Kier molecular flexibility index (Phi) is 6.08. The van der Waals surface area contributed by atoms with Crippen LogP contribution in [0.2, 0.25) is 0 Å². The Labute approximate surface area is 212 Å². The molecular formula is C25H30N4O8. The third-order valence-corrected chi connectivity index (χ3v) is 7.65. The molecule has 198 valence electrons. The number of primary amides is 1. The molecule has 0 heterocycles. The van der Waals surface area contributed by atoms with Gasteiger partial charge in [-0.15, -0.1) is 0 Å². The molecule has 4 rings (SSSR count). The van der Waals surface area contributed by atoms with Crippen molar-refractivity contribution >= 4 is 34.8 Å². The highest BCUT2D eigenvalue weighted by molar-refractivity contribution is 6.24. The molecule has 4 atom stereocenters. The molecule has 12 heteroatoms. The van der Waals surface area contributed by atoms with Crippen molar-refractivity contribution in [3.63, 3.8) is 0 Å². The summed E-state index contributed by atoms with van der Waals surface area (Å²) < 4.78 is 0. The lowest BCUT2D eigenvalue weighted by Crippen LogP contribution is -2.65. The zero-order valence-electron chi connectivity index (χ0n) is 21.1. The average Bonchev–Trinajstić information content (AvgIpc) is 2.80.